The molecule has 0 bridgehead atoms. The smallest absolute Gasteiger partial charge is 0.251 e. The van der Waals surface area contributed by atoms with Crippen molar-refractivity contribution in [1.29, 1.82) is 0 Å². The van der Waals surface area contributed by atoms with Gasteiger partial charge in [-0.1, -0.05) is 38.1 Å². The standard InChI is InChI=1S/C20H27N3O3S/c1-4-23(5-2)27(25,26)19-12-10-17(11-13-19)15(3)22-20(24)18-8-6-16(14-21)7-9-18/h6-13,15H,4-5,14,21H2,1-3H3,(H,22,24). The van der Waals surface area contributed by atoms with Crippen LogP contribution in [0.1, 0.15) is 48.3 Å². The maximum atomic E-state index is 12.5. The zero-order chi connectivity index (χ0) is 20.0. The summed E-state index contributed by atoms with van der Waals surface area (Å²) in [5.74, 6) is -0.189. The Kier molecular flexibility index (Phi) is 7.12. The van der Waals surface area contributed by atoms with Crippen LogP contribution in [0, 0.1) is 0 Å². The number of nitrogens with zero attached hydrogens (tertiary/aromatic N) is 1. The van der Waals surface area contributed by atoms with Crippen LogP contribution in [0.3, 0.4) is 0 Å². The SMILES string of the molecule is CCN(CC)S(=O)(=O)c1ccc(C(C)NC(=O)c2ccc(CN)cc2)cc1. The zero-order valence-corrected chi connectivity index (χ0v) is 16.8. The fraction of sp³-hybridized carbons (Fsp3) is 0.350. The molecule has 27 heavy (non-hydrogen) atoms. The highest BCUT2D eigenvalue weighted by Gasteiger charge is 2.21. The van der Waals surface area contributed by atoms with Gasteiger partial charge in [-0.3, -0.25) is 4.79 Å². The molecule has 3 N–H and O–H groups in total. The van der Waals surface area contributed by atoms with Crippen molar-refractivity contribution >= 4 is 15.9 Å². The van der Waals surface area contributed by atoms with Gasteiger partial charge in [0, 0.05) is 25.2 Å². The minimum atomic E-state index is -3.48. The Bertz CT molecular complexity index is 858. The summed E-state index contributed by atoms with van der Waals surface area (Å²) in [5, 5.41) is 2.92. The van der Waals surface area contributed by atoms with Gasteiger partial charge < -0.3 is 11.1 Å². The van der Waals surface area contributed by atoms with E-state index in [0.717, 1.165) is 11.1 Å². The van der Waals surface area contributed by atoms with E-state index in [0.29, 0.717) is 25.2 Å². The molecule has 0 spiro atoms. The maximum absolute atomic E-state index is 12.5. The fourth-order valence-corrected chi connectivity index (χ4v) is 4.25. The lowest BCUT2D eigenvalue weighted by atomic mass is 10.1. The lowest BCUT2D eigenvalue weighted by Gasteiger charge is -2.19. The summed E-state index contributed by atoms with van der Waals surface area (Å²) in [5.41, 5.74) is 7.92. The summed E-state index contributed by atoms with van der Waals surface area (Å²) >= 11 is 0. The van der Waals surface area contributed by atoms with Gasteiger partial charge in [0.15, 0.2) is 0 Å². The van der Waals surface area contributed by atoms with E-state index in [1.54, 1.807) is 36.4 Å². The summed E-state index contributed by atoms with van der Waals surface area (Å²) in [6.45, 7) is 6.77. The summed E-state index contributed by atoms with van der Waals surface area (Å²) in [4.78, 5) is 12.6. The lowest BCUT2D eigenvalue weighted by Crippen LogP contribution is -2.30. The molecule has 2 rings (SSSR count). The van der Waals surface area contributed by atoms with E-state index in [9.17, 15) is 13.2 Å². The molecule has 2 aromatic carbocycles. The second-order valence-electron chi connectivity index (χ2n) is 6.25. The second-order valence-corrected chi connectivity index (χ2v) is 8.19. The maximum Gasteiger partial charge on any atom is 0.251 e. The van der Waals surface area contributed by atoms with Crippen molar-refractivity contribution in [2.45, 2.75) is 38.3 Å². The third-order valence-electron chi connectivity index (χ3n) is 4.52. The Hall–Kier alpha value is -2.22. The van der Waals surface area contributed by atoms with Crippen LogP contribution >= 0.6 is 0 Å². The van der Waals surface area contributed by atoms with Crippen molar-refractivity contribution in [3.63, 3.8) is 0 Å². The van der Waals surface area contributed by atoms with Crippen LogP contribution in [-0.2, 0) is 16.6 Å². The van der Waals surface area contributed by atoms with E-state index < -0.39 is 10.0 Å². The van der Waals surface area contributed by atoms with Crippen molar-refractivity contribution in [3.05, 3.63) is 65.2 Å². The molecule has 0 fully saturated rings. The minimum Gasteiger partial charge on any atom is -0.346 e. The number of benzene rings is 2. The first-order chi connectivity index (χ1) is 12.8. The molecule has 0 aliphatic rings. The van der Waals surface area contributed by atoms with Gasteiger partial charge in [-0.15, -0.1) is 0 Å². The van der Waals surface area contributed by atoms with Gasteiger partial charge in [0.05, 0.1) is 10.9 Å². The van der Waals surface area contributed by atoms with Crippen molar-refractivity contribution in [2.24, 2.45) is 5.73 Å². The molecule has 146 valence electrons. The molecule has 0 heterocycles. The Labute approximate surface area is 161 Å². The Morgan fingerprint density at radius 3 is 2.07 bits per heavy atom. The van der Waals surface area contributed by atoms with Crippen LogP contribution in [0.5, 0.6) is 0 Å². The van der Waals surface area contributed by atoms with Crippen LogP contribution in [0.15, 0.2) is 53.4 Å². The number of sulfonamides is 1. The van der Waals surface area contributed by atoms with Gasteiger partial charge in [0.25, 0.3) is 5.91 Å². The van der Waals surface area contributed by atoms with Crippen molar-refractivity contribution in [2.75, 3.05) is 13.1 Å². The van der Waals surface area contributed by atoms with Crippen LogP contribution < -0.4 is 11.1 Å². The van der Waals surface area contributed by atoms with Gasteiger partial charge in [-0.25, -0.2) is 8.42 Å². The fourth-order valence-electron chi connectivity index (χ4n) is 2.80. The average molecular weight is 390 g/mol. The van der Waals surface area contributed by atoms with Gasteiger partial charge in [-0.05, 0) is 42.3 Å². The molecule has 1 amide bonds. The molecule has 0 aliphatic heterocycles. The molecule has 0 radical (unpaired) electrons. The van der Waals surface area contributed by atoms with Crippen molar-refractivity contribution in [1.82, 2.24) is 9.62 Å². The number of nitrogens with one attached hydrogen (secondary N) is 1. The lowest BCUT2D eigenvalue weighted by molar-refractivity contribution is 0.0940. The molecule has 0 aromatic heterocycles. The predicted octanol–water partition coefficient (Wildman–Crippen LogP) is 2.67. The monoisotopic (exact) mass is 389 g/mol. The van der Waals surface area contributed by atoms with Crippen LogP contribution in [0.25, 0.3) is 0 Å². The number of amides is 1. The van der Waals surface area contributed by atoms with E-state index in [-0.39, 0.29) is 16.8 Å². The first-order valence-corrected chi connectivity index (χ1v) is 10.5. The van der Waals surface area contributed by atoms with Gasteiger partial charge in [-0.2, -0.15) is 4.31 Å². The van der Waals surface area contributed by atoms with E-state index in [2.05, 4.69) is 5.32 Å². The Morgan fingerprint density at radius 2 is 1.59 bits per heavy atom. The number of carbonyl (C=O) groups excluding carboxylic acids is 1. The van der Waals surface area contributed by atoms with E-state index in [1.807, 2.05) is 32.9 Å². The van der Waals surface area contributed by atoms with Gasteiger partial charge in [0.1, 0.15) is 0 Å². The van der Waals surface area contributed by atoms with E-state index in [4.69, 9.17) is 5.73 Å². The molecule has 0 saturated heterocycles. The number of hydrogen-bond donors (Lipinski definition) is 2. The summed E-state index contributed by atoms with van der Waals surface area (Å²) in [6.07, 6.45) is 0. The summed E-state index contributed by atoms with van der Waals surface area (Å²) in [6, 6.07) is 13.5. The molecule has 2 aromatic rings. The van der Waals surface area contributed by atoms with Crippen molar-refractivity contribution < 1.29 is 13.2 Å². The third-order valence-corrected chi connectivity index (χ3v) is 6.59. The molecule has 0 saturated carbocycles. The predicted molar refractivity (Wildman–Crippen MR) is 107 cm³/mol. The quantitative estimate of drug-likeness (QED) is 0.726. The van der Waals surface area contributed by atoms with Gasteiger partial charge in [0.2, 0.25) is 10.0 Å². The summed E-state index contributed by atoms with van der Waals surface area (Å²) < 4.78 is 26.5. The third kappa shape index (κ3) is 4.94. The summed E-state index contributed by atoms with van der Waals surface area (Å²) in [7, 11) is -3.48. The molecule has 6 nitrogen and oxygen atoms in total. The molecular weight excluding hydrogens is 362 g/mol. The molecule has 1 unspecified atom stereocenters. The Morgan fingerprint density at radius 1 is 1.04 bits per heavy atom. The normalized spacial score (nSPS) is 12.8. The highest BCUT2D eigenvalue weighted by Crippen LogP contribution is 2.20. The van der Waals surface area contributed by atoms with Crippen molar-refractivity contribution in [3.8, 4) is 0 Å². The average Bonchev–Trinajstić information content (AvgIpc) is 2.68. The van der Waals surface area contributed by atoms with E-state index >= 15 is 0 Å². The highest BCUT2D eigenvalue weighted by molar-refractivity contribution is 7.89. The van der Waals surface area contributed by atoms with Gasteiger partial charge >= 0.3 is 0 Å². The molecular formula is C20H27N3O3S. The minimum absolute atomic E-state index is 0.189. The largest absolute Gasteiger partial charge is 0.346 e. The number of rotatable bonds is 8. The first kappa shape index (κ1) is 21.1. The topological polar surface area (TPSA) is 92.5 Å². The number of hydrogen-bond acceptors (Lipinski definition) is 4. The second kappa shape index (κ2) is 9.12. The molecule has 7 heteroatoms. The van der Waals surface area contributed by atoms with Crippen LogP contribution in [0.2, 0.25) is 0 Å². The number of nitrogens with two attached hydrogens (primary N) is 1. The Balaban J connectivity index is 2.10. The first-order valence-electron chi connectivity index (χ1n) is 9.03. The van der Waals surface area contributed by atoms with Crippen LogP contribution in [-0.4, -0.2) is 31.7 Å². The molecule has 1 atom stereocenters. The van der Waals surface area contributed by atoms with Crippen LogP contribution in [0.4, 0.5) is 0 Å². The van der Waals surface area contributed by atoms with E-state index in [1.165, 1.54) is 4.31 Å². The number of carbonyl (C=O) groups is 1. The molecule has 0 aliphatic carbocycles. The highest BCUT2D eigenvalue weighted by atomic mass is 32.2. The zero-order valence-electron chi connectivity index (χ0n) is 16.0.